The predicted molar refractivity (Wildman–Crippen MR) is 208 cm³/mol. The van der Waals surface area contributed by atoms with Gasteiger partial charge in [0, 0.05) is 37.0 Å². The van der Waals surface area contributed by atoms with Crippen LogP contribution in [0.4, 0.5) is 46.3 Å². The molecule has 0 aliphatic carbocycles. The summed E-state index contributed by atoms with van der Waals surface area (Å²) in [5.41, 5.74) is 3.57. The quantitative estimate of drug-likeness (QED) is 0.0986. The normalized spacial score (nSPS) is 15.7. The van der Waals surface area contributed by atoms with Crippen LogP contribution in [-0.4, -0.2) is 93.5 Å². The van der Waals surface area contributed by atoms with Gasteiger partial charge in [-0.25, -0.2) is 0 Å². The van der Waals surface area contributed by atoms with E-state index in [0.29, 0.717) is 104 Å². The Hall–Kier alpha value is -5.51. The van der Waals surface area contributed by atoms with Crippen LogP contribution in [0.25, 0.3) is 10.8 Å². The van der Waals surface area contributed by atoms with Crippen molar-refractivity contribution in [1.82, 2.24) is 15.0 Å². The smallest absolute Gasteiger partial charge is 0.296 e. The Balaban J connectivity index is 1.24. The van der Waals surface area contributed by atoms with Crippen molar-refractivity contribution in [3.8, 4) is 0 Å². The third-order valence-corrected chi connectivity index (χ3v) is 10.9. The van der Waals surface area contributed by atoms with Crippen LogP contribution >= 0.6 is 0 Å². The number of aromatic nitrogens is 3. The molecule has 0 unspecified atom stereocenters. The molecule has 0 saturated carbocycles. The summed E-state index contributed by atoms with van der Waals surface area (Å²) in [6.07, 6.45) is 0. The van der Waals surface area contributed by atoms with Gasteiger partial charge in [-0.1, -0.05) is 18.2 Å². The fourth-order valence-electron chi connectivity index (χ4n) is 6.24. The zero-order valence-corrected chi connectivity index (χ0v) is 32.2. The van der Waals surface area contributed by atoms with Gasteiger partial charge in [-0.15, -0.1) is 10.2 Å². The number of rotatable bonds is 10. The third kappa shape index (κ3) is 8.64. The molecule has 2 saturated heterocycles. The highest BCUT2D eigenvalue weighted by atomic mass is 32.2. The van der Waals surface area contributed by atoms with E-state index in [1.165, 1.54) is 24.3 Å². The van der Waals surface area contributed by atoms with E-state index in [1.54, 1.807) is 57.2 Å². The van der Waals surface area contributed by atoms with Crippen LogP contribution in [0.1, 0.15) is 16.7 Å². The molecule has 0 atom stereocenters. The number of morpholine rings is 2. The van der Waals surface area contributed by atoms with Crippen LogP contribution in [0.5, 0.6) is 0 Å². The number of aryl methyl sites for hydroxylation is 3. The van der Waals surface area contributed by atoms with Gasteiger partial charge >= 0.3 is 0 Å². The van der Waals surface area contributed by atoms with E-state index in [2.05, 4.69) is 25.8 Å². The van der Waals surface area contributed by atoms with Gasteiger partial charge in [0.1, 0.15) is 15.5 Å². The Morgan fingerprint density at radius 1 is 0.625 bits per heavy atom. The fourth-order valence-corrected chi connectivity index (χ4v) is 7.58. The maximum absolute atomic E-state index is 12.7. The molecule has 0 bridgehead atoms. The number of hydrogen-bond donors (Lipinski definition) is 3. The number of azo groups is 2. The summed E-state index contributed by atoms with van der Waals surface area (Å²) in [4.78, 5) is 17.4. The maximum atomic E-state index is 12.7. The summed E-state index contributed by atoms with van der Waals surface area (Å²) >= 11 is 0. The van der Waals surface area contributed by atoms with Crippen molar-refractivity contribution in [1.29, 1.82) is 0 Å². The number of fused-ring (bicyclic) bond motifs is 1. The second-order valence-corrected chi connectivity index (χ2v) is 15.9. The van der Waals surface area contributed by atoms with Gasteiger partial charge in [-0.3, -0.25) is 9.11 Å². The van der Waals surface area contributed by atoms with E-state index in [-0.39, 0.29) is 26.8 Å². The van der Waals surface area contributed by atoms with Crippen molar-refractivity contribution in [3.05, 3.63) is 77.4 Å². The van der Waals surface area contributed by atoms with E-state index < -0.39 is 20.2 Å². The first-order valence-corrected chi connectivity index (χ1v) is 20.4. The van der Waals surface area contributed by atoms with Crippen molar-refractivity contribution < 1.29 is 35.4 Å². The molecule has 56 heavy (non-hydrogen) atoms. The summed E-state index contributed by atoms with van der Waals surface area (Å²) in [5.74, 6) is 1.05. The first-order valence-electron chi connectivity index (χ1n) is 17.5. The Kier molecular flexibility index (Phi) is 11.0. The molecule has 0 radical (unpaired) electrons. The molecule has 2 aliphatic rings. The highest BCUT2D eigenvalue weighted by Gasteiger charge is 2.23. The lowest BCUT2D eigenvalue weighted by atomic mass is 10.1. The average molecular weight is 803 g/mol. The Morgan fingerprint density at radius 3 is 1.71 bits per heavy atom. The number of anilines is 4. The Labute approximate surface area is 322 Å². The largest absolute Gasteiger partial charge is 0.378 e. The lowest BCUT2D eigenvalue weighted by Gasteiger charge is -2.30. The van der Waals surface area contributed by atoms with Crippen molar-refractivity contribution in [2.75, 3.05) is 67.7 Å². The summed E-state index contributed by atoms with van der Waals surface area (Å²) in [5, 5.41) is 21.1. The van der Waals surface area contributed by atoms with Crippen molar-refractivity contribution >= 4 is 77.3 Å². The number of hydrogen-bond acceptors (Lipinski definition) is 16. The second kappa shape index (κ2) is 15.9. The zero-order chi connectivity index (χ0) is 39.6. The molecule has 3 N–H and O–H groups in total. The van der Waals surface area contributed by atoms with Crippen LogP contribution in [0.3, 0.4) is 0 Å². The third-order valence-electron chi connectivity index (χ3n) is 9.14. The molecular formula is C36H38N10O8S2. The number of benzene rings is 4. The summed E-state index contributed by atoms with van der Waals surface area (Å²) in [6.45, 7) is 9.72. The van der Waals surface area contributed by atoms with E-state index in [4.69, 9.17) is 24.4 Å². The van der Waals surface area contributed by atoms with Crippen LogP contribution in [0.15, 0.2) is 90.9 Å². The molecule has 0 spiro atoms. The van der Waals surface area contributed by atoms with E-state index >= 15 is 0 Å². The first kappa shape index (κ1) is 38.8. The topological polar surface area (TPSA) is 234 Å². The SMILES string of the molecule is Cc1ccc(S(=O)(=O)O)c(N=Nc2cc(C)c(N=Nc3ccc(Nc4nc(N5CCOCC5)nc(N5CCOCC5)n4)c4c(S(=O)(=O)O)cccc34)cc2C)c1. The fraction of sp³-hybridized carbons (Fsp3) is 0.306. The van der Waals surface area contributed by atoms with Gasteiger partial charge in [0.25, 0.3) is 20.2 Å². The molecule has 5 aromatic rings. The van der Waals surface area contributed by atoms with Crippen LogP contribution < -0.4 is 15.1 Å². The van der Waals surface area contributed by atoms with Crippen LogP contribution in [0, 0.1) is 20.8 Å². The minimum absolute atomic E-state index is 0.00651. The van der Waals surface area contributed by atoms with Gasteiger partial charge in [-0.05, 0) is 79.9 Å². The monoisotopic (exact) mass is 802 g/mol. The minimum atomic E-state index is -4.71. The van der Waals surface area contributed by atoms with E-state index in [1.807, 2.05) is 9.80 Å². The molecule has 2 fully saturated rings. The van der Waals surface area contributed by atoms with Gasteiger partial charge in [0.15, 0.2) is 0 Å². The van der Waals surface area contributed by atoms with E-state index in [0.717, 1.165) is 5.56 Å². The minimum Gasteiger partial charge on any atom is -0.378 e. The number of nitrogens with zero attached hydrogens (tertiary/aromatic N) is 9. The molecule has 18 nitrogen and oxygen atoms in total. The van der Waals surface area contributed by atoms with Crippen LogP contribution in [0.2, 0.25) is 0 Å². The van der Waals surface area contributed by atoms with Gasteiger partial charge < -0.3 is 24.6 Å². The molecule has 2 aliphatic heterocycles. The highest BCUT2D eigenvalue weighted by molar-refractivity contribution is 7.86. The van der Waals surface area contributed by atoms with Crippen LogP contribution in [-0.2, 0) is 29.7 Å². The molecule has 20 heteroatoms. The molecule has 4 aromatic carbocycles. The summed E-state index contributed by atoms with van der Waals surface area (Å²) in [7, 11) is -9.23. The lowest BCUT2D eigenvalue weighted by Crippen LogP contribution is -2.40. The molecule has 1 aromatic heterocycles. The summed E-state index contributed by atoms with van der Waals surface area (Å²) < 4.78 is 80.3. The highest BCUT2D eigenvalue weighted by Crippen LogP contribution is 2.39. The number of nitrogens with one attached hydrogen (secondary N) is 1. The standard InChI is InChI=1S/C36H38N10O8S2/c1-22-7-10-31(55(47,48)49)30(19-22)44-43-29-21-23(2)28(20-24(29)3)42-41-26-8-9-27(33-25(26)5-4-6-32(33)56(50,51)52)37-34-38-35(45-11-15-53-16-12-45)40-36(39-34)46-13-17-54-18-14-46/h4-10,19-21H,11-18H2,1-3H3,(H,47,48,49)(H,50,51,52)(H,37,38,39,40). The van der Waals surface area contributed by atoms with Gasteiger partial charge in [-0.2, -0.15) is 42.0 Å². The number of ether oxygens (including phenoxy) is 2. The van der Waals surface area contributed by atoms with E-state index in [9.17, 15) is 25.9 Å². The first-order chi connectivity index (χ1) is 26.7. The molecule has 292 valence electrons. The summed E-state index contributed by atoms with van der Waals surface area (Å²) in [6, 6.07) is 15.5. The predicted octanol–water partition coefficient (Wildman–Crippen LogP) is 6.69. The Morgan fingerprint density at radius 2 is 1.16 bits per heavy atom. The molecule has 7 rings (SSSR count). The Bertz CT molecular complexity index is 2560. The van der Waals surface area contributed by atoms with Crippen molar-refractivity contribution in [2.24, 2.45) is 20.5 Å². The average Bonchev–Trinajstić information content (AvgIpc) is 3.17. The molecule has 3 heterocycles. The zero-order valence-electron chi connectivity index (χ0n) is 30.6. The van der Waals surface area contributed by atoms with Gasteiger partial charge in [0.2, 0.25) is 17.8 Å². The van der Waals surface area contributed by atoms with Gasteiger partial charge in [0.05, 0.1) is 49.2 Å². The molecule has 0 amide bonds. The molecular weight excluding hydrogens is 765 g/mol. The van der Waals surface area contributed by atoms with Crippen molar-refractivity contribution in [3.63, 3.8) is 0 Å². The maximum Gasteiger partial charge on any atom is 0.296 e. The second-order valence-electron chi connectivity index (χ2n) is 13.1. The lowest BCUT2D eigenvalue weighted by molar-refractivity contribution is 0.121. The van der Waals surface area contributed by atoms with Crippen molar-refractivity contribution in [2.45, 2.75) is 30.6 Å².